The van der Waals surface area contributed by atoms with Crippen LogP contribution in [0.15, 0.2) is 65.1 Å². The molecule has 0 saturated heterocycles. The lowest BCUT2D eigenvalue weighted by atomic mass is 10.1. The van der Waals surface area contributed by atoms with Crippen molar-refractivity contribution < 1.29 is 13.9 Å². The fourth-order valence-electron chi connectivity index (χ4n) is 2.64. The topological polar surface area (TPSA) is 39.4 Å². The van der Waals surface area contributed by atoms with Crippen LogP contribution in [-0.2, 0) is 11.2 Å². The van der Waals surface area contributed by atoms with Crippen molar-refractivity contribution in [1.29, 1.82) is 0 Å². The number of furan rings is 1. The summed E-state index contributed by atoms with van der Waals surface area (Å²) in [7, 11) is 0. The van der Waals surface area contributed by atoms with E-state index in [0.29, 0.717) is 17.8 Å². The highest BCUT2D eigenvalue weighted by Gasteiger charge is 2.13. The van der Waals surface area contributed by atoms with Crippen LogP contribution in [-0.4, -0.2) is 12.6 Å². The van der Waals surface area contributed by atoms with Gasteiger partial charge >= 0.3 is 5.97 Å². The van der Waals surface area contributed by atoms with Gasteiger partial charge in [0.05, 0.1) is 12.2 Å². The third-order valence-electron chi connectivity index (χ3n) is 3.80. The van der Waals surface area contributed by atoms with Crippen LogP contribution in [0.5, 0.6) is 0 Å². The average molecular weight is 320 g/mol. The number of esters is 1. The Labute approximate surface area is 141 Å². The average Bonchev–Trinajstić information content (AvgIpc) is 3.02. The number of carbonyl (C=O) groups excluding carboxylic acids is 1. The molecule has 0 unspecified atom stereocenters. The van der Waals surface area contributed by atoms with E-state index in [2.05, 4.69) is 30.3 Å². The van der Waals surface area contributed by atoms with E-state index in [1.54, 1.807) is 19.1 Å². The first-order chi connectivity index (χ1) is 11.8. The van der Waals surface area contributed by atoms with Crippen molar-refractivity contribution in [3.63, 3.8) is 0 Å². The zero-order valence-electron chi connectivity index (χ0n) is 13.7. The molecule has 0 aliphatic rings. The summed E-state index contributed by atoms with van der Waals surface area (Å²) in [5, 5.41) is 0.790. The third kappa shape index (κ3) is 3.74. The minimum absolute atomic E-state index is 0.316. The van der Waals surface area contributed by atoms with Gasteiger partial charge in [0.15, 0.2) is 0 Å². The van der Waals surface area contributed by atoms with Gasteiger partial charge in [-0.25, -0.2) is 4.79 Å². The zero-order chi connectivity index (χ0) is 16.8. The molecule has 3 aromatic rings. The molecule has 3 heteroatoms. The van der Waals surface area contributed by atoms with Gasteiger partial charge in [-0.2, -0.15) is 0 Å². The molecule has 0 N–H and O–H groups in total. The number of aryl methyl sites for hydroxylation is 1. The summed E-state index contributed by atoms with van der Waals surface area (Å²) in [6, 6.07) is 17.7. The van der Waals surface area contributed by atoms with E-state index in [-0.39, 0.29) is 5.97 Å². The zero-order valence-corrected chi connectivity index (χ0v) is 13.7. The second kappa shape index (κ2) is 7.64. The Hall–Kier alpha value is -2.81. The largest absolute Gasteiger partial charge is 0.462 e. The summed E-state index contributed by atoms with van der Waals surface area (Å²) in [4.78, 5) is 12.0. The highest BCUT2D eigenvalue weighted by molar-refractivity contribution is 6.03. The van der Waals surface area contributed by atoms with Gasteiger partial charge in [-0.05, 0) is 49.6 Å². The maximum Gasteiger partial charge on any atom is 0.338 e. The Kier molecular flexibility index (Phi) is 5.12. The maximum absolute atomic E-state index is 12.0. The maximum atomic E-state index is 12.0. The second-order valence-corrected chi connectivity index (χ2v) is 5.51. The summed E-state index contributed by atoms with van der Waals surface area (Å²) < 4.78 is 10.9. The highest BCUT2D eigenvalue weighted by Crippen LogP contribution is 2.24. The monoisotopic (exact) mass is 320 g/mol. The van der Waals surface area contributed by atoms with E-state index in [0.717, 1.165) is 24.0 Å². The molecule has 0 aliphatic heterocycles. The normalized spacial score (nSPS) is 11.2. The van der Waals surface area contributed by atoms with Crippen LogP contribution in [0, 0.1) is 0 Å². The molecule has 3 nitrogen and oxygen atoms in total. The lowest BCUT2D eigenvalue weighted by Gasteiger charge is -2.01. The number of hydrogen-bond acceptors (Lipinski definition) is 3. The van der Waals surface area contributed by atoms with Crippen molar-refractivity contribution in [3.05, 3.63) is 77.6 Å². The van der Waals surface area contributed by atoms with Crippen LogP contribution in [0.4, 0.5) is 0 Å². The van der Waals surface area contributed by atoms with Gasteiger partial charge in [-0.3, -0.25) is 0 Å². The summed E-state index contributed by atoms with van der Waals surface area (Å²) in [6.07, 6.45) is 5.98. The number of allylic oxidation sites excluding steroid dienone is 1. The van der Waals surface area contributed by atoms with E-state index >= 15 is 0 Å². The standard InChI is InChI=1S/C21H20O3/c1-2-23-21(22)18-13-8-14-20-19(18)15-17(24-20)12-7-6-11-16-9-4-3-5-10-16/h3-5,7-10,12-15H,2,6,11H2,1H3. The lowest BCUT2D eigenvalue weighted by Crippen LogP contribution is -2.04. The fourth-order valence-corrected chi connectivity index (χ4v) is 2.64. The van der Waals surface area contributed by atoms with Crippen molar-refractivity contribution in [1.82, 2.24) is 0 Å². The first-order valence-corrected chi connectivity index (χ1v) is 8.18. The summed E-state index contributed by atoms with van der Waals surface area (Å²) in [5.74, 6) is 0.429. The predicted octanol–water partition coefficient (Wildman–Crippen LogP) is 5.26. The summed E-state index contributed by atoms with van der Waals surface area (Å²) >= 11 is 0. The van der Waals surface area contributed by atoms with E-state index < -0.39 is 0 Å². The smallest absolute Gasteiger partial charge is 0.338 e. The number of hydrogen-bond donors (Lipinski definition) is 0. The van der Waals surface area contributed by atoms with Gasteiger partial charge in [0.1, 0.15) is 11.3 Å². The number of ether oxygens (including phenoxy) is 1. The van der Waals surface area contributed by atoms with E-state index in [4.69, 9.17) is 9.15 Å². The van der Waals surface area contributed by atoms with Gasteiger partial charge in [0, 0.05) is 5.39 Å². The van der Waals surface area contributed by atoms with E-state index in [1.807, 2.05) is 24.3 Å². The summed E-state index contributed by atoms with van der Waals surface area (Å²) in [6.45, 7) is 2.16. The molecule has 0 fully saturated rings. The van der Waals surface area contributed by atoms with Gasteiger partial charge in [0.2, 0.25) is 0 Å². The number of carbonyl (C=O) groups is 1. The number of benzene rings is 2. The molecule has 0 spiro atoms. The van der Waals surface area contributed by atoms with Crippen molar-refractivity contribution in [2.75, 3.05) is 6.61 Å². The Balaban J connectivity index is 1.72. The quantitative estimate of drug-likeness (QED) is 0.582. The molecule has 0 saturated carbocycles. The van der Waals surface area contributed by atoms with E-state index in [1.165, 1.54) is 5.56 Å². The van der Waals surface area contributed by atoms with Crippen LogP contribution in [0.1, 0.15) is 35.0 Å². The van der Waals surface area contributed by atoms with Crippen LogP contribution in [0.2, 0.25) is 0 Å². The number of rotatable bonds is 6. The predicted molar refractivity (Wildman–Crippen MR) is 96.0 cm³/mol. The van der Waals surface area contributed by atoms with Gasteiger partial charge in [-0.15, -0.1) is 0 Å². The van der Waals surface area contributed by atoms with Crippen LogP contribution in [0.3, 0.4) is 0 Å². The molecular weight excluding hydrogens is 300 g/mol. The van der Waals surface area contributed by atoms with Gasteiger partial charge < -0.3 is 9.15 Å². The molecule has 2 aromatic carbocycles. The van der Waals surface area contributed by atoms with Crippen molar-refractivity contribution in [3.8, 4) is 0 Å². The minimum Gasteiger partial charge on any atom is -0.462 e. The molecular formula is C21H20O3. The molecule has 1 aromatic heterocycles. The lowest BCUT2D eigenvalue weighted by molar-refractivity contribution is 0.0528. The molecule has 0 atom stereocenters. The SMILES string of the molecule is CCOC(=O)c1cccc2oc(C=CCCc3ccccc3)cc12. The molecule has 0 radical (unpaired) electrons. The Morgan fingerprint density at radius 3 is 2.75 bits per heavy atom. The highest BCUT2D eigenvalue weighted by atomic mass is 16.5. The Morgan fingerprint density at radius 1 is 1.12 bits per heavy atom. The minimum atomic E-state index is -0.316. The van der Waals surface area contributed by atoms with E-state index in [9.17, 15) is 4.79 Å². The van der Waals surface area contributed by atoms with Crippen LogP contribution < -0.4 is 0 Å². The molecule has 24 heavy (non-hydrogen) atoms. The molecule has 0 aliphatic carbocycles. The molecule has 0 amide bonds. The Bertz CT molecular complexity index is 844. The molecule has 3 rings (SSSR count). The van der Waals surface area contributed by atoms with Crippen molar-refractivity contribution in [2.24, 2.45) is 0 Å². The van der Waals surface area contributed by atoms with Crippen molar-refractivity contribution in [2.45, 2.75) is 19.8 Å². The van der Waals surface area contributed by atoms with Crippen LogP contribution in [0.25, 0.3) is 17.0 Å². The molecule has 122 valence electrons. The summed E-state index contributed by atoms with van der Waals surface area (Å²) in [5.41, 5.74) is 2.56. The Morgan fingerprint density at radius 2 is 1.96 bits per heavy atom. The first kappa shape index (κ1) is 16.1. The number of fused-ring (bicyclic) bond motifs is 1. The van der Waals surface area contributed by atoms with Gasteiger partial charge in [-0.1, -0.05) is 42.5 Å². The van der Waals surface area contributed by atoms with Gasteiger partial charge in [0.25, 0.3) is 0 Å². The van der Waals surface area contributed by atoms with Crippen molar-refractivity contribution >= 4 is 23.0 Å². The molecule has 0 bridgehead atoms. The van der Waals surface area contributed by atoms with Crippen LogP contribution >= 0.6 is 0 Å². The first-order valence-electron chi connectivity index (χ1n) is 8.18. The second-order valence-electron chi connectivity index (χ2n) is 5.51. The third-order valence-corrected chi connectivity index (χ3v) is 3.80. The molecule has 1 heterocycles. The fraction of sp³-hybridized carbons (Fsp3) is 0.190.